The van der Waals surface area contributed by atoms with Gasteiger partial charge >= 0.3 is 0 Å². The van der Waals surface area contributed by atoms with E-state index in [0.29, 0.717) is 40.3 Å². The van der Waals surface area contributed by atoms with Crippen molar-refractivity contribution < 1.29 is 4.79 Å². The number of carbonyl (C=O) groups is 1. The van der Waals surface area contributed by atoms with Crippen molar-refractivity contribution in [2.24, 2.45) is 18.9 Å². The second-order valence-corrected chi connectivity index (χ2v) is 11.8. The number of H-pyrrole nitrogens is 1. The molecule has 0 spiro atoms. The number of nitrogens with zero attached hydrogens (tertiary/aromatic N) is 5. The molecule has 40 heavy (non-hydrogen) atoms. The van der Waals surface area contributed by atoms with E-state index in [0.717, 1.165) is 24.2 Å². The van der Waals surface area contributed by atoms with E-state index in [4.69, 9.17) is 16.6 Å². The zero-order chi connectivity index (χ0) is 28.3. The summed E-state index contributed by atoms with van der Waals surface area (Å²) in [6.07, 6.45) is 3.65. The lowest BCUT2D eigenvalue weighted by molar-refractivity contribution is 0.0980. The molecule has 1 saturated carbocycles. The van der Waals surface area contributed by atoms with Crippen LogP contribution in [0.25, 0.3) is 10.9 Å². The Kier molecular flexibility index (Phi) is 6.74. The van der Waals surface area contributed by atoms with Gasteiger partial charge in [-0.15, -0.1) is 0 Å². The molecular formula is C28H31ClN8O2S. The van der Waals surface area contributed by atoms with Crippen molar-refractivity contribution in [2.45, 2.75) is 32.7 Å². The van der Waals surface area contributed by atoms with Crippen LogP contribution in [-0.2, 0) is 7.05 Å². The summed E-state index contributed by atoms with van der Waals surface area (Å²) in [7, 11) is 1.80. The van der Waals surface area contributed by atoms with E-state index in [1.54, 1.807) is 30.0 Å². The Morgan fingerprint density at radius 2 is 1.95 bits per heavy atom. The van der Waals surface area contributed by atoms with Crippen LogP contribution in [0.2, 0.25) is 5.15 Å². The minimum absolute atomic E-state index is 0.0770. The fourth-order valence-electron chi connectivity index (χ4n) is 6.14. The molecule has 1 amide bonds. The number of hydrogen-bond donors (Lipinski definition) is 3. The number of anilines is 2. The van der Waals surface area contributed by atoms with Gasteiger partial charge in [0.1, 0.15) is 5.15 Å². The van der Waals surface area contributed by atoms with Gasteiger partial charge < -0.3 is 10.2 Å². The first-order valence-corrected chi connectivity index (χ1v) is 14.8. The van der Waals surface area contributed by atoms with Crippen molar-refractivity contribution in [2.75, 3.05) is 29.6 Å². The smallest absolute Gasteiger partial charge is 0.281 e. The fraction of sp³-hybridized carbons (Fsp3) is 0.393. The Labute approximate surface area is 241 Å². The summed E-state index contributed by atoms with van der Waals surface area (Å²) in [6, 6.07) is 7.04. The molecule has 4 heterocycles. The topological polar surface area (TPSA) is 121 Å². The summed E-state index contributed by atoms with van der Waals surface area (Å²) < 4.78 is 4.37. The quantitative estimate of drug-likeness (QED) is 0.219. The van der Waals surface area contributed by atoms with Gasteiger partial charge in [-0.1, -0.05) is 29.6 Å². The van der Waals surface area contributed by atoms with E-state index in [9.17, 15) is 9.59 Å². The molecule has 12 heteroatoms. The monoisotopic (exact) mass is 578 g/mol. The average Bonchev–Trinajstić information content (AvgIpc) is 3.22. The third-order valence-electron chi connectivity index (χ3n) is 8.12. The second-order valence-electron chi connectivity index (χ2n) is 10.8. The highest BCUT2D eigenvalue weighted by atomic mass is 35.5. The lowest BCUT2D eigenvalue weighted by atomic mass is 10.0. The number of amides is 1. The van der Waals surface area contributed by atoms with E-state index < -0.39 is 0 Å². The number of rotatable bonds is 7. The van der Waals surface area contributed by atoms with Gasteiger partial charge in [0.05, 0.1) is 28.8 Å². The number of pyridine rings is 1. The van der Waals surface area contributed by atoms with Gasteiger partial charge in [0.15, 0.2) is 5.69 Å². The number of carbonyl (C=O) groups excluding carboxylic acids is 1. The van der Waals surface area contributed by atoms with Gasteiger partial charge in [0.2, 0.25) is 5.95 Å². The van der Waals surface area contributed by atoms with Crippen molar-refractivity contribution in [3.63, 3.8) is 0 Å². The first-order chi connectivity index (χ1) is 19.2. The first-order valence-electron chi connectivity index (χ1n) is 13.2. The normalized spacial score (nSPS) is 20.4. The number of aromatic amines is 1. The molecule has 4 aromatic rings. The van der Waals surface area contributed by atoms with Crippen LogP contribution in [0.5, 0.6) is 0 Å². The van der Waals surface area contributed by atoms with E-state index in [1.807, 2.05) is 32.2 Å². The lowest BCUT2D eigenvalue weighted by Crippen LogP contribution is -2.32. The third-order valence-corrected chi connectivity index (χ3v) is 8.72. The summed E-state index contributed by atoms with van der Waals surface area (Å²) in [6.45, 7) is 7.74. The highest BCUT2D eigenvalue weighted by Gasteiger charge is 2.58. The highest BCUT2D eigenvalue weighted by Crippen LogP contribution is 2.58. The molecular weight excluding hydrogens is 548 g/mol. The standard InChI is InChI=1S/C28H31ClN8O2S/c1-13-8-16(15(3)31-20-6-7-21(29)32-25(20)26(38)35-40-5)24-17(9-13)27(39)36(4)28(33-24)37-11-18-19(12-37)22(18)23-14(2)10-30-34-23/h6-10,15,18-19,22,31H,11-12H2,1-5H3,(H,30,34)(H,35,38). The van der Waals surface area contributed by atoms with Crippen LogP contribution >= 0.6 is 23.5 Å². The fourth-order valence-corrected chi connectivity index (χ4v) is 6.57. The SMILES string of the molecule is CSNC(=O)c1nc(Cl)ccc1NC(C)c1cc(C)cc2c(=O)n(C)c(N3CC4C(C3)C4c3[nH]ncc3C)nc12. The molecule has 0 radical (unpaired) electrons. The van der Waals surface area contributed by atoms with Gasteiger partial charge in [-0.3, -0.25) is 24.0 Å². The Morgan fingerprint density at radius 3 is 2.62 bits per heavy atom. The first kappa shape index (κ1) is 26.6. The van der Waals surface area contributed by atoms with Gasteiger partial charge in [0.25, 0.3) is 11.5 Å². The van der Waals surface area contributed by atoms with Crippen molar-refractivity contribution in [1.82, 2.24) is 29.5 Å². The van der Waals surface area contributed by atoms with Gasteiger partial charge in [-0.2, -0.15) is 5.10 Å². The number of aromatic nitrogens is 5. The molecule has 1 aromatic carbocycles. The van der Waals surface area contributed by atoms with Gasteiger partial charge in [-0.05, 0) is 61.9 Å². The Hall–Kier alpha value is -3.57. The molecule has 1 saturated heterocycles. The number of nitrogens with one attached hydrogen (secondary N) is 3. The van der Waals surface area contributed by atoms with Crippen LogP contribution in [0, 0.1) is 25.7 Å². The Balaban J connectivity index is 1.34. The molecule has 3 N–H and O–H groups in total. The van der Waals surface area contributed by atoms with Crippen LogP contribution in [0.3, 0.4) is 0 Å². The predicted octanol–water partition coefficient (Wildman–Crippen LogP) is 4.35. The van der Waals surface area contributed by atoms with Gasteiger partial charge in [0, 0.05) is 43.6 Å². The van der Waals surface area contributed by atoms with E-state index in [1.165, 1.54) is 23.2 Å². The summed E-state index contributed by atoms with van der Waals surface area (Å²) in [4.78, 5) is 37.8. The van der Waals surface area contributed by atoms with Crippen LogP contribution < -0.4 is 20.5 Å². The summed E-state index contributed by atoms with van der Waals surface area (Å²) in [5.74, 6) is 1.87. The molecule has 6 rings (SSSR count). The van der Waals surface area contributed by atoms with Crippen molar-refractivity contribution in [3.8, 4) is 0 Å². The molecule has 1 aliphatic carbocycles. The maximum absolute atomic E-state index is 13.6. The van der Waals surface area contributed by atoms with Crippen LogP contribution in [0.15, 0.2) is 35.3 Å². The van der Waals surface area contributed by atoms with E-state index >= 15 is 0 Å². The van der Waals surface area contributed by atoms with E-state index in [2.05, 4.69) is 37.0 Å². The summed E-state index contributed by atoms with van der Waals surface area (Å²) in [5.41, 5.74) is 5.58. The molecule has 0 bridgehead atoms. The third kappa shape index (κ3) is 4.50. The second kappa shape index (κ2) is 10.1. The molecule has 1 aliphatic heterocycles. The zero-order valence-electron chi connectivity index (χ0n) is 22.9. The molecule has 10 nitrogen and oxygen atoms in total. The molecule has 3 atom stereocenters. The number of hydrogen-bond acceptors (Lipinski definition) is 8. The van der Waals surface area contributed by atoms with Crippen molar-refractivity contribution in [1.29, 1.82) is 0 Å². The number of benzene rings is 1. The molecule has 3 unspecified atom stereocenters. The average molecular weight is 579 g/mol. The molecule has 3 aromatic heterocycles. The minimum atomic E-state index is -0.343. The summed E-state index contributed by atoms with van der Waals surface area (Å²) >= 11 is 7.29. The number of piperidine rings is 1. The maximum atomic E-state index is 13.6. The maximum Gasteiger partial charge on any atom is 0.281 e. The van der Waals surface area contributed by atoms with Crippen molar-refractivity contribution in [3.05, 3.63) is 74.0 Å². The molecule has 2 aliphatic rings. The van der Waals surface area contributed by atoms with Gasteiger partial charge in [-0.25, -0.2) is 9.97 Å². The van der Waals surface area contributed by atoms with Crippen LogP contribution in [0.1, 0.15) is 51.8 Å². The van der Waals surface area contributed by atoms with Crippen molar-refractivity contribution >= 4 is 52.0 Å². The zero-order valence-corrected chi connectivity index (χ0v) is 24.5. The highest BCUT2D eigenvalue weighted by molar-refractivity contribution is 7.97. The lowest BCUT2D eigenvalue weighted by Gasteiger charge is -2.25. The van der Waals surface area contributed by atoms with Crippen LogP contribution in [-0.4, -0.2) is 50.0 Å². The molecule has 208 valence electrons. The predicted molar refractivity (Wildman–Crippen MR) is 159 cm³/mol. The summed E-state index contributed by atoms with van der Waals surface area (Å²) in [5, 5.41) is 11.6. The Morgan fingerprint density at radius 1 is 1.20 bits per heavy atom. The Bertz CT molecular complexity index is 1690. The number of aryl methyl sites for hydroxylation is 2. The van der Waals surface area contributed by atoms with E-state index in [-0.39, 0.29) is 28.4 Å². The minimum Gasteiger partial charge on any atom is -0.377 e. The number of fused-ring (bicyclic) bond motifs is 2. The largest absolute Gasteiger partial charge is 0.377 e. The molecule has 2 fully saturated rings. The number of halogens is 1. The van der Waals surface area contributed by atoms with Crippen LogP contribution in [0.4, 0.5) is 11.6 Å².